The third-order valence-corrected chi connectivity index (χ3v) is 4.17. The van der Waals surface area contributed by atoms with Gasteiger partial charge in [-0.3, -0.25) is 9.48 Å². The van der Waals surface area contributed by atoms with Gasteiger partial charge in [-0.25, -0.2) is 0 Å². The van der Waals surface area contributed by atoms with Crippen molar-refractivity contribution in [3.05, 3.63) is 70.2 Å². The Labute approximate surface area is 155 Å². The van der Waals surface area contributed by atoms with Crippen molar-refractivity contribution in [3.63, 3.8) is 0 Å². The fourth-order valence-corrected chi connectivity index (χ4v) is 2.86. The Hall–Kier alpha value is -3.49. The largest absolute Gasteiger partial charge is 0.390 e. The minimum absolute atomic E-state index is 0.269. The Morgan fingerprint density at radius 3 is 2.70 bits per heavy atom. The summed E-state index contributed by atoms with van der Waals surface area (Å²) in [7, 11) is 0. The van der Waals surface area contributed by atoms with E-state index < -0.39 is 11.0 Å². The first-order valence-electron chi connectivity index (χ1n) is 8.55. The molecule has 27 heavy (non-hydrogen) atoms. The Balaban J connectivity index is 1.71. The number of hydrogen-bond acceptors (Lipinski definition) is 5. The number of nitro groups is 1. The molecule has 3 aromatic rings. The van der Waals surface area contributed by atoms with Gasteiger partial charge in [0.15, 0.2) is 6.04 Å². The number of nitrogens with zero attached hydrogens (tertiary/aromatic N) is 5. The van der Waals surface area contributed by atoms with Crippen LogP contribution in [0.1, 0.15) is 30.6 Å². The fourth-order valence-electron chi connectivity index (χ4n) is 2.86. The number of hydrogen-bond donors (Lipinski definition) is 1. The van der Waals surface area contributed by atoms with Crippen LogP contribution in [0.2, 0.25) is 0 Å². The number of aromatic nitrogens is 4. The molecular formula is C18H20N6O3. The lowest BCUT2D eigenvalue weighted by atomic mass is 10.2. The van der Waals surface area contributed by atoms with Gasteiger partial charge in [-0.05, 0) is 23.8 Å². The van der Waals surface area contributed by atoms with E-state index in [0.717, 1.165) is 5.56 Å². The number of aryl methyl sites for hydroxylation is 1. The molecule has 1 aromatic carbocycles. The topological polar surface area (TPSA) is 108 Å². The predicted octanol–water partition coefficient (Wildman–Crippen LogP) is 2.93. The van der Waals surface area contributed by atoms with Crippen molar-refractivity contribution in [2.45, 2.75) is 32.9 Å². The molecular weight excluding hydrogens is 348 g/mol. The molecule has 0 aliphatic carbocycles. The third kappa shape index (κ3) is 4.20. The molecule has 9 nitrogen and oxygen atoms in total. The van der Waals surface area contributed by atoms with Gasteiger partial charge in [0.25, 0.3) is 5.91 Å². The second-order valence-corrected chi connectivity index (χ2v) is 6.17. The number of anilines is 1. The van der Waals surface area contributed by atoms with E-state index in [9.17, 15) is 14.9 Å². The summed E-state index contributed by atoms with van der Waals surface area (Å²) in [6.07, 6.45) is 3.77. The van der Waals surface area contributed by atoms with E-state index in [1.165, 1.54) is 10.7 Å². The molecule has 0 fully saturated rings. The molecule has 3 rings (SSSR count). The fraction of sp³-hybridized carbons (Fsp3) is 0.278. The second-order valence-electron chi connectivity index (χ2n) is 6.17. The lowest BCUT2D eigenvalue weighted by Crippen LogP contribution is -2.27. The van der Waals surface area contributed by atoms with Crippen molar-refractivity contribution in [2.75, 3.05) is 5.32 Å². The van der Waals surface area contributed by atoms with Crippen LogP contribution in [-0.2, 0) is 11.3 Å². The Morgan fingerprint density at radius 2 is 2.07 bits per heavy atom. The molecule has 0 aliphatic heterocycles. The van der Waals surface area contributed by atoms with Crippen molar-refractivity contribution in [2.24, 2.45) is 0 Å². The van der Waals surface area contributed by atoms with E-state index in [1.807, 2.05) is 37.3 Å². The number of rotatable bonds is 7. The first-order valence-corrected chi connectivity index (χ1v) is 8.55. The van der Waals surface area contributed by atoms with Gasteiger partial charge in [0, 0.05) is 6.20 Å². The van der Waals surface area contributed by atoms with E-state index >= 15 is 0 Å². The molecule has 0 spiro atoms. The van der Waals surface area contributed by atoms with Crippen LogP contribution in [0.25, 0.3) is 0 Å². The molecule has 0 aliphatic rings. The molecule has 9 heteroatoms. The zero-order valence-corrected chi connectivity index (χ0v) is 15.1. The molecule has 140 valence electrons. The van der Waals surface area contributed by atoms with E-state index in [4.69, 9.17) is 0 Å². The maximum atomic E-state index is 12.7. The van der Waals surface area contributed by atoms with Gasteiger partial charge in [0.1, 0.15) is 0 Å². The van der Waals surface area contributed by atoms with E-state index in [1.54, 1.807) is 24.0 Å². The third-order valence-electron chi connectivity index (χ3n) is 4.17. The quantitative estimate of drug-likeness (QED) is 0.509. The number of nitrogens with one attached hydrogen (secondary N) is 1. The van der Waals surface area contributed by atoms with Gasteiger partial charge < -0.3 is 15.4 Å². The summed E-state index contributed by atoms with van der Waals surface area (Å²) < 4.78 is 3.12. The second kappa shape index (κ2) is 7.81. The predicted molar refractivity (Wildman–Crippen MR) is 99.3 cm³/mol. The van der Waals surface area contributed by atoms with Crippen LogP contribution in [0.15, 0.2) is 48.8 Å². The summed E-state index contributed by atoms with van der Waals surface area (Å²) in [4.78, 5) is 23.0. The molecule has 0 saturated heterocycles. The average molecular weight is 368 g/mol. The van der Waals surface area contributed by atoms with Crippen molar-refractivity contribution in [3.8, 4) is 0 Å². The molecule has 1 atom stereocenters. The van der Waals surface area contributed by atoms with Crippen molar-refractivity contribution in [1.29, 1.82) is 0 Å². The normalized spacial score (nSPS) is 11.9. The molecule has 2 aromatic heterocycles. The molecule has 0 saturated carbocycles. The highest BCUT2D eigenvalue weighted by Gasteiger charge is 2.27. The van der Waals surface area contributed by atoms with E-state index in [2.05, 4.69) is 15.5 Å². The molecule has 1 amide bonds. The van der Waals surface area contributed by atoms with Crippen LogP contribution in [-0.4, -0.2) is 30.4 Å². The highest BCUT2D eigenvalue weighted by atomic mass is 16.6. The van der Waals surface area contributed by atoms with E-state index in [-0.39, 0.29) is 11.7 Å². The first-order chi connectivity index (χ1) is 13.0. The monoisotopic (exact) mass is 368 g/mol. The van der Waals surface area contributed by atoms with Gasteiger partial charge in [-0.15, -0.1) is 0 Å². The SMILES string of the molecule is CCC(C(=O)Nc1cnn(Cc2ccccc2)c1)n1nc([N+](=O)[O-])cc1C. The summed E-state index contributed by atoms with van der Waals surface area (Å²) in [5.41, 5.74) is 2.22. The molecule has 0 radical (unpaired) electrons. The number of benzene rings is 1. The zero-order chi connectivity index (χ0) is 19.4. The smallest absolute Gasteiger partial charge is 0.358 e. The molecule has 0 bridgehead atoms. The van der Waals surface area contributed by atoms with Gasteiger partial charge in [-0.2, -0.15) is 9.78 Å². The number of amides is 1. The van der Waals surface area contributed by atoms with Gasteiger partial charge in [0.2, 0.25) is 0 Å². The van der Waals surface area contributed by atoms with Crippen LogP contribution in [0.5, 0.6) is 0 Å². The summed E-state index contributed by atoms with van der Waals surface area (Å²) in [5, 5.41) is 21.9. The summed E-state index contributed by atoms with van der Waals surface area (Å²) in [6.45, 7) is 4.11. The minimum Gasteiger partial charge on any atom is -0.358 e. The Kier molecular flexibility index (Phi) is 5.30. The van der Waals surface area contributed by atoms with Gasteiger partial charge in [0.05, 0.1) is 35.3 Å². The lowest BCUT2D eigenvalue weighted by Gasteiger charge is -2.13. The summed E-state index contributed by atoms with van der Waals surface area (Å²) in [6, 6.07) is 10.6. The number of carbonyl (C=O) groups is 1. The lowest BCUT2D eigenvalue weighted by molar-refractivity contribution is -0.389. The maximum absolute atomic E-state index is 12.7. The molecule has 1 unspecified atom stereocenters. The minimum atomic E-state index is -0.642. The van der Waals surface area contributed by atoms with Crippen LogP contribution < -0.4 is 5.32 Å². The van der Waals surface area contributed by atoms with Crippen molar-refractivity contribution in [1.82, 2.24) is 19.6 Å². The highest BCUT2D eigenvalue weighted by Crippen LogP contribution is 2.20. The average Bonchev–Trinajstić information content (AvgIpc) is 3.24. The van der Waals surface area contributed by atoms with Crippen molar-refractivity contribution >= 4 is 17.4 Å². The van der Waals surface area contributed by atoms with Gasteiger partial charge >= 0.3 is 5.82 Å². The number of carbonyl (C=O) groups excluding carboxylic acids is 1. The summed E-state index contributed by atoms with van der Waals surface area (Å²) in [5.74, 6) is -0.563. The van der Waals surface area contributed by atoms with E-state index in [0.29, 0.717) is 24.3 Å². The van der Waals surface area contributed by atoms with Crippen LogP contribution >= 0.6 is 0 Å². The zero-order valence-electron chi connectivity index (χ0n) is 15.1. The highest BCUT2D eigenvalue weighted by molar-refractivity contribution is 5.93. The molecule has 1 N–H and O–H groups in total. The Morgan fingerprint density at radius 1 is 1.33 bits per heavy atom. The summed E-state index contributed by atoms with van der Waals surface area (Å²) >= 11 is 0. The van der Waals surface area contributed by atoms with Gasteiger partial charge in [-0.1, -0.05) is 37.3 Å². The van der Waals surface area contributed by atoms with Crippen LogP contribution in [0, 0.1) is 17.0 Å². The van der Waals surface area contributed by atoms with Crippen LogP contribution in [0.3, 0.4) is 0 Å². The maximum Gasteiger partial charge on any atom is 0.390 e. The van der Waals surface area contributed by atoms with Crippen molar-refractivity contribution < 1.29 is 9.72 Å². The molecule has 2 heterocycles. The first kappa shape index (κ1) is 18.3. The Bertz CT molecular complexity index is 947. The standard InChI is InChI=1S/C18H20N6O3/c1-3-16(23-13(2)9-17(21-23)24(26)27)18(25)20-15-10-19-22(12-15)11-14-7-5-4-6-8-14/h4-10,12,16H,3,11H2,1-2H3,(H,20,25). The van der Waals surface area contributed by atoms with Crippen LogP contribution in [0.4, 0.5) is 11.5 Å².